The molecule has 1 N–H and O–H groups in total. The molecule has 2 saturated heterocycles. The molecule has 0 spiro atoms. The summed E-state index contributed by atoms with van der Waals surface area (Å²) in [7, 11) is 0. The summed E-state index contributed by atoms with van der Waals surface area (Å²) >= 11 is 0. The molecule has 1 aromatic carbocycles. The zero-order chi connectivity index (χ0) is 19.1. The van der Waals surface area contributed by atoms with Crippen LogP contribution in [0.2, 0.25) is 0 Å². The maximum Gasteiger partial charge on any atom is 0.317 e. The van der Waals surface area contributed by atoms with Crippen LogP contribution in [0.15, 0.2) is 24.3 Å². The van der Waals surface area contributed by atoms with E-state index in [1.54, 1.807) is 12.1 Å². The predicted molar refractivity (Wildman–Crippen MR) is 103 cm³/mol. The molecule has 0 bridgehead atoms. The SMILES string of the molecule is O=C1CCCN1CCC1CCN(C(=O)NCCCc2ccccc2F)CC1. The number of aryl methyl sites for hydroxylation is 1. The van der Waals surface area contributed by atoms with Gasteiger partial charge in [-0.1, -0.05) is 18.2 Å². The summed E-state index contributed by atoms with van der Waals surface area (Å²) in [6.07, 6.45) is 6.11. The van der Waals surface area contributed by atoms with Gasteiger partial charge in [-0.15, -0.1) is 0 Å². The van der Waals surface area contributed by atoms with Crippen molar-refractivity contribution in [3.63, 3.8) is 0 Å². The lowest BCUT2D eigenvalue weighted by Crippen LogP contribution is -2.45. The molecule has 2 aliphatic heterocycles. The highest BCUT2D eigenvalue weighted by Gasteiger charge is 2.25. The largest absolute Gasteiger partial charge is 0.343 e. The Bertz CT molecular complexity index is 644. The molecule has 1 aromatic rings. The number of amides is 3. The van der Waals surface area contributed by atoms with Gasteiger partial charge in [-0.25, -0.2) is 9.18 Å². The van der Waals surface area contributed by atoms with Gasteiger partial charge in [-0.05, 0) is 56.1 Å². The molecule has 0 radical (unpaired) electrons. The maximum atomic E-state index is 13.6. The third kappa shape index (κ3) is 5.68. The van der Waals surface area contributed by atoms with Crippen molar-refractivity contribution in [2.24, 2.45) is 5.92 Å². The summed E-state index contributed by atoms with van der Waals surface area (Å²) in [5.74, 6) is 0.715. The average Bonchev–Trinajstić information content (AvgIpc) is 3.10. The zero-order valence-corrected chi connectivity index (χ0v) is 16.0. The van der Waals surface area contributed by atoms with Crippen molar-refractivity contribution in [1.29, 1.82) is 0 Å². The number of carbonyl (C=O) groups is 2. The van der Waals surface area contributed by atoms with Crippen LogP contribution >= 0.6 is 0 Å². The molecule has 0 saturated carbocycles. The van der Waals surface area contributed by atoms with E-state index in [9.17, 15) is 14.0 Å². The molecule has 0 atom stereocenters. The second-order valence-corrected chi connectivity index (χ2v) is 7.63. The van der Waals surface area contributed by atoms with Crippen molar-refractivity contribution in [2.75, 3.05) is 32.7 Å². The molecule has 148 valence electrons. The second-order valence-electron chi connectivity index (χ2n) is 7.63. The predicted octanol–water partition coefficient (Wildman–Crippen LogP) is 3.19. The summed E-state index contributed by atoms with van der Waals surface area (Å²) in [6.45, 7) is 3.89. The highest BCUT2D eigenvalue weighted by molar-refractivity contribution is 5.78. The van der Waals surface area contributed by atoms with E-state index in [1.807, 2.05) is 15.9 Å². The van der Waals surface area contributed by atoms with E-state index >= 15 is 0 Å². The molecule has 3 rings (SSSR count). The van der Waals surface area contributed by atoms with Crippen LogP contribution in [0.1, 0.15) is 44.1 Å². The Labute approximate surface area is 160 Å². The first-order valence-electron chi connectivity index (χ1n) is 10.2. The fourth-order valence-electron chi connectivity index (χ4n) is 3.99. The van der Waals surface area contributed by atoms with E-state index in [4.69, 9.17) is 0 Å². The number of hydrogen-bond donors (Lipinski definition) is 1. The summed E-state index contributed by atoms with van der Waals surface area (Å²) in [5, 5.41) is 2.95. The molecule has 0 unspecified atom stereocenters. The molecule has 27 heavy (non-hydrogen) atoms. The van der Waals surface area contributed by atoms with Gasteiger partial charge >= 0.3 is 6.03 Å². The van der Waals surface area contributed by atoms with Crippen LogP contribution in [0.5, 0.6) is 0 Å². The van der Waals surface area contributed by atoms with Crippen LogP contribution < -0.4 is 5.32 Å². The first kappa shape index (κ1) is 19.6. The van der Waals surface area contributed by atoms with Crippen LogP contribution in [0.3, 0.4) is 0 Å². The maximum absolute atomic E-state index is 13.6. The monoisotopic (exact) mass is 375 g/mol. The number of nitrogens with one attached hydrogen (secondary N) is 1. The van der Waals surface area contributed by atoms with E-state index in [0.717, 1.165) is 58.3 Å². The molecule has 6 heteroatoms. The molecule has 2 fully saturated rings. The number of hydrogen-bond acceptors (Lipinski definition) is 2. The Balaban J connectivity index is 1.29. The van der Waals surface area contributed by atoms with E-state index in [0.29, 0.717) is 36.8 Å². The third-order valence-corrected chi connectivity index (χ3v) is 5.74. The highest BCUT2D eigenvalue weighted by Crippen LogP contribution is 2.22. The highest BCUT2D eigenvalue weighted by atomic mass is 19.1. The van der Waals surface area contributed by atoms with Gasteiger partial charge in [0.05, 0.1) is 0 Å². The smallest absolute Gasteiger partial charge is 0.317 e. The summed E-state index contributed by atoms with van der Waals surface area (Å²) < 4.78 is 13.6. The molecule has 2 aliphatic rings. The van der Waals surface area contributed by atoms with Crippen molar-refractivity contribution < 1.29 is 14.0 Å². The van der Waals surface area contributed by atoms with Crippen molar-refractivity contribution >= 4 is 11.9 Å². The van der Waals surface area contributed by atoms with Crippen LogP contribution in [-0.4, -0.2) is 54.5 Å². The van der Waals surface area contributed by atoms with E-state index in [2.05, 4.69) is 5.32 Å². The van der Waals surface area contributed by atoms with Crippen molar-refractivity contribution in [1.82, 2.24) is 15.1 Å². The van der Waals surface area contributed by atoms with Gasteiger partial charge in [-0.3, -0.25) is 4.79 Å². The second kappa shape index (κ2) is 9.72. The normalized spacial score (nSPS) is 18.2. The molecule has 0 aliphatic carbocycles. The Kier molecular flexibility index (Phi) is 7.07. The summed E-state index contributed by atoms with van der Waals surface area (Å²) in [6, 6.07) is 6.76. The van der Waals surface area contributed by atoms with Gasteiger partial charge in [0.25, 0.3) is 0 Å². The van der Waals surface area contributed by atoms with E-state index < -0.39 is 0 Å². The lowest BCUT2D eigenvalue weighted by molar-refractivity contribution is -0.127. The summed E-state index contributed by atoms with van der Waals surface area (Å²) in [4.78, 5) is 27.8. The standard InChI is InChI=1S/C21H30FN3O2/c22-19-7-2-1-5-18(19)6-3-12-23-21(27)25-15-10-17(11-16-25)9-14-24-13-4-8-20(24)26/h1-2,5,7,17H,3-4,6,8-16H2,(H,23,27). The van der Waals surface area contributed by atoms with Crippen molar-refractivity contribution in [3.8, 4) is 0 Å². The van der Waals surface area contributed by atoms with Gasteiger partial charge < -0.3 is 15.1 Å². The lowest BCUT2D eigenvalue weighted by Gasteiger charge is -2.32. The average molecular weight is 375 g/mol. The fraction of sp³-hybridized carbons (Fsp3) is 0.619. The number of likely N-dealkylation sites (tertiary alicyclic amines) is 2. The number of urea groups is 1. The Morgan fingerprint density at radius 1 is 1.19 bits per heavy atom. The Morgan fingerprint density at radius 2 is 1.96 bits per heavy atom. The molecule has 2 heterocycles. The first-order chi connectivity index (χ1) is 13.1. The lowest BCUT2D eigenvalue weighted by atomic mass is 9.93. The van der Waals surface area contributed by atoms with Gasteiger partial charge in [0.15, 0.2) is 0 Å². The van der Waals surface area contributed by atoms with Crippen LogP contribution in [0.25, 0.3) is 0 Å². The van der Waals surface area contributed by atoms with Crippen LogP contribution in [-0.2, 0) is 11.2 Å². The minimum Gasteiger partial charge on any atom is -0.343 e. The fourth-order valence-corrected chi connectivity index (χ4v) is 3.99. The number of rotatable bonds is 7. The molecular formula is C21H30FN3O2. The molecule has 0 aromatic heterocycles. The van der Waals surface area contributed by atoms with Gasteiger partial charge in [-0.2, -0.15) is 0 Å². The van der Waals surface area contributed by atoms with E-state index in [-0.39, 0.29) is 11.8 Å². The third-order valence-electron chi connectivity index (χ3n) is 5.74. The number of benzene rings is 1. The first-order valence-corrected chi connectivity index (χ1v) is 10.2. The van der Waals surface area contributed by atoms with Gasteiger partial charge in [0, 0.05) is 39.1 Å². The van der Waals surface area contributed by atoms with E-state index in [1.165, 1.54) is 6.07 Å². The molecular weight excluding hydrogens is 345 g/mol. The molecule has 5 nitrogen and oxygen atoms in total. The van der Waals surface area contributed by atoms with Gasteiger partial charge in [0.1, 0.15) is 5.82 Å². The number of halogens is 1. The summed E-state index contributed by atoms with van der Waals surface area (Å²) in [5.41, 5.74) is 0.698. The van der Waals surface area contributed by atoms with Crippen molar-refractivity contribution in [3.05, 3.63) is 35.6 Å². The number of piperidine rings is 1. The Hall–Kier alpha value is -2.11. The number of nitrogens with zero attached hydrogens (tertiary/aromatic N) is 2. The zero-order valence-electron chi connectivity index (χ0n) is 16.0. The van der Waals surface area contributed by atoms with Gasteiger partial charge in [0.2, 0.25) is 5.91 Å². The minimum atomic E-state index is -0.179. The van der Waals surface area contributed by atoms with Crippen LogP contribution in [0.4, 0.5) is 9.18 Å². The molecule has 3 amide bonds. The van der Waals surface area contributed by atoms with Crippen LogP contribution in [0, 0.1) is 11.7 Å². The van der Waals surface area contributed by atoms with Crippen molar-refractivity contribution in [2.45, 2.75) is 44.9 Å². The number of carbonyl (C=O) groups excluding carboxylic acids is 2. The topological polar surface area (TPSA) is 52.7 Å². The Morgan fingerprint density at radius 3 is 2.67 bits per heavy atom. The minimum absolute atomic E-state index is 0.0169. The quantitative estimate of drug-likeness (QED) is 0.744.